The molecule has 0 aromatic carbocycles. The Balaban J connectivity index is 6.29. The lowest BCUT2D eigenvalue weighted by Crippen LogP contribution is -2.61. The van der Waals surface area contributed by atoms with Crippen LogP contribution in [0, 0.1) is 0 Å². The maximum absolute atomic E-state index is 12.5. The molecule has 0 aliphatic heterocycles. The van der Waals surface area contributed by atoms with Crippen LogP contribution < -0.4 is 0 Å². The van der Waals surface area contributed by atoms with Gasteiger partial charge in [-0.3, -0.25) is 9.36 Å². The Labute approximate surface area is 171 Å². The third-order valence-corrected chi connectivity index (χ3v) is 4.44. The fourth-order valence-electron chi connectivity index (χ4n) is 2.31. The van der Waals surface area contributed by atoms with Crippen molar-refractivity contribution in [2.75, 3.05) is 26.4 Å². The Bertz CT molecular complexity index is 436. The van der Waals surface area contributed by atoms with Crippen LogP contribution >= 0.6 is 8.46 Å². The van der Waals surface area contributed by atoms with Gasteiger partial charge in [-0.25, -0.2) is 0 Å². The van der Waals surface area contributed by atoms with E-state index in [1.54, 1.807) is 6.92 Å². The van der Waals surface area contributed by atoms with Crippen LogP contribution in [-0.4, -0.2) is 49.8 Å². The first-order valence-corrected chi connectivity index (χ1v) is 11.0. The molecular weight excluding hydrogens is 383 g/mol. The van der Waals surface area contributed by atoms with Gasteiger partial charge in [0.15, 0.2) is 5.78 Å². The minimum absolute atomic E-state index is 0.218. The van der Waals surface area contributed by atoms with Crippen LogP contribution in [-0.2, 0) is 33.0 Å². The number of ether oxygens (including phenoxy) is 5. The molecule has 0 N–H and O–H groups in total. The number of rotatable bonds is 19. The Morgan fingerprint density at radius 3 is 1.64 bits per heavy atom. The van der Waals surface area contributed by atoms with Crippen LogP contribution in [0.15, 0.2) is 12.7 Å². The molecule has 0 saturated carbocycles. The van der Waals surface area contributed by atoms with E-state index in [-0.39, 0.29) is 32.2 Å². The lowest BCUT2D eigenvalue weighted by Gasteiger charge is -2.44. The molecule has 8 heteroatoms. The summed E-state index contributed by atoms with van der Waals surface area (Å²) in [7, 11) is -0.560. The second-order valence-electron chi connectivity index (χ2n) is 6.24. The van der Waals surface area contributed by atoms with Crippen molar-refractivity contribution in [3.63, 3.8) is 0 Å². The highest BCUT2D eigenvalue weighted by Gasteiger charge is 2.62. The summed E-state index contributed by atoms with van der Waals surface area (Å²) in [6.45, 7) is 14.1. The fraction of sp³-hybridized carbons (Fsp3) is 0.850. The Kier molecular flexibility index (Phi) is 14.8. The molecule has 0 fully saturated rings. The minimum atomic E-state index is -1.96. The Morgan fingerprint density at radius 1 is 0.893 bits per heavy atom. The van der Waals surface area contributed by atoms with E-state index in [0.29, 0.717) is 32.1 Å². The molecule has 2 unspecified atom stereocenters. The smallest absolute Gasteiger partial charge is 0.334 e. The number of carbonyl (C=O) groups is 1. The van der Waals surface area contributed by atoms with E-state index >= 15 is 0 Å². The molecule has 0 aromatic heterocycles. The van der Waals surface area contributed by atoms with Crippen LogP contribution in [0.1, 0.15) is 66.7 Å². The maximum Gasteiger partial charge on any atom is 0.353 e. The SMILES string of the molecule is C=CC(=O)C(CC)OC(OCCC)(P=O)C(OCCC)(OCCC)OCCC. The Morgan fingerprint density at radius 2 is 1.32 bits per heavy atom. The molecule has 2 atom stereocenters. The molecule has 28 heavy (non-hydrogen) atoms. The first-order valence-electron chi connectivity index (χ1n) is 10.2. The van der Waals surface area contributed by atoms with Gasteiger partial charge in [-0.15, -0.1) is 0 Å². The summed E-state index contributed by atoms with van der Waals surface area (Å²) < 4.78 is 42.3. The second-order valence-corrected chi connectivity index (χ2v) is 7.02. The number of hydrogen-bond donors (Lipinski definition) is 0. The van der Waals surface area contributed by atoms with E-state index in [1.165, 1.54) is 6.08 Å². The standard InChI is InChI=1S/C20H37O7P/c1-7-13-23-19(24-14-8-2,25-15-9-3)20(28-22,26-16-10-4)27-18(12-6)17(21)11-5/h11,18H,5,7-10,12-16H2,1-4,6H3. The summed E-state index contributed by atoms with van der Waals surface area (Å²) in [5.74, 6) is -2.21. The lowest BCUT2D eigenvalue weighted by molar-refractivity contribution is -0.473. The summed E-state index contributed by atoms with van der Waals surface area (Å²) in [5, 5.41) is 0. The monoisotopic (exact) mass is 420 g/mol. The van der Waals surface area contributed by atoms with Crippen LogP contribution in [0.25, 0.3) is 0 Å². The highest BCUT2D eigenvalue weighted by atomic mass is 31.1. The molecule has 0 aromatic rings. The van der Waals surface area contributed by atoms with Crippen molar-refractivity contribution in [1.82, 2.24) is 0 Å². The van der Waals surface area contributed by atoms with E-state index in [0.717, 1.165) is 0 Å². The van der Waals surface area contributed by atoms with Crippen LogP contribution in [0.5, 0.6) is 0 Å². The molecule has 0 amide bonds. The van der Waals surface area contributed by atoms with Gasteiger partial charge >= 0.3 is 11.5 Å². The van der Waals surface area contributed by atoms with Crippen molar-refractivity contribution < 1.29 is 33.0 Å². The van der Waals surface area contributed by atoms with Gasteiger partial charge < -0.3 is 23.7 Å². The summed E-state index contributed by atoms with van der Waals surface area (Å²) in [4.78, 5) is 12.3. The van der Waals surface area contributed by atoms with Gasteiger partial charge in [0.05, 0.1) is 26.4 Å². The molecule has 7 nitrogen and oxygen atoms in total. The van der Waals surface area contributed by atoms with E-state index in [1.807, 2.05) is 27.7 Å². The molecule has 0 rings (SSSR count). The maximum atomic E-state index is 12.5. The summed E-state index contributed by atoms with van der Waals surface area (Å²) >= 11 is 0. The quantitative estimate of drug-likeness (QED) is 0.168. The van der Waals surface area contributed by atoms with Crippen LogP contribution in [0.2, 0.25) is 0 Å². The fourth-order valence-corrected chi connectivity index (χ4v) is 2.93. The van der Waals surface area contributed by atoms with Gasteiger partial charge in [-0.05, 0) is 38.2 Å². The third kappa shape index (κ3) is 7.62. The summed E-state index contributed by atoms with van der Waals surface area (Å²) in [5.41, 5.74) is -1.96. The largest absolute Gasteiger partial charge is 0.353 e. The second kappa shape index (κ2) is 15.2. The van der Waals surface area contributed by atoms with Crippen LogP contribution in [0.4, 0.5) is 0 Å². The minimum Gasteiger partial charge on any atom is -0.334 e. The van der Waals surface area contributed by atoms with Crippen molar-refractivity contribution in [3.8, 4) is 0 Å². The van der Waals surface area contributed by atoms with Gasteiger partial charge in [-0.1, -0.05) is 41.2 Å². The summed E-state index contributed by atoms with van der Waals surface area (Å²) in [6, 6.07) is 0. The van der Waals surface area contributed by atoms with Gasteiger partial charge in [0.25, 0.3) is 0 Å². The average Bonchev–Trinajstić information content (AvgIpc) is 2.73. The van der Waals surface area contributed by atoms with Gasteiger partial charge in [-0.2, -0.15) is 0 Å². The zero-order chi connectivity index (χ0) is 21.5. The zero-order valence-electron chi connectivity index (χ0n) is 18.0. The van der Waals surface area contributed by atoms with Crippen molar-refractivity contribution in [3.05, 3.63) is 12.7 Å². The molecule has 164 valence electrons. The molecule has 0 radical (unpaired) electrons. The van der Waals surface area contributed by atoms with Crippen molar-refractivity contribution in [1.29, 1.82) is 0 Å². The lowest BCUT2D eigenvalue weighted by atomic mass is 10.2. The topological polar surface area (TPSA) is 80.3 Å². The third-order valence-electron chi connectivity index (χ3n) is 3.69. The normalized spacial score (nSPS) is 15.3. The van der Waals surface area contributed by atoms with Gasteiger partial charge in [0.1, 0.15) is 6.10 Å². The van der Waals surface area contributed by atoms with Crippen LogP contribution in [0.3, 0.4) is 0 Å². The summed E-state index contributed by atoms with van der Waals surface area (Å²) in [6.07, 6.45) is 3.26. The predicted octanol–water partition coefficient (Wildman–Crippen LogP) is 4.84. The van der Waals surface area contributed by atoms with Gasteiger partial charge in [0.2, 0.25) is 8.46 Å². The number of ketones is 1. The zero-order valence-corrected chi connectivity index (χ0v) is 18.9. The molecular formula is C20H37O7P. The van der Waals surface area contributed by atoms with E-state index in [9.17, 15) is 9.36 Å². The van der Waals surface area contributed by atoms with E-state index in [2.05, 4.69) is 6.58 Å². The highest BCUT2D eigenvalue weighted by molar-refractivity contribution is 7.25. The first kappa shape index (κ1) is 27.3. The molecule has 0 aliphatic rings. The molecule has 0 saturated heterocycles. The van der Waals surface area contributed by atoms with Crippen molar-refractivity contribution >= 4 is 14.2 Å². The van der Waals surface area contributed by atoms with Crippen molar-refractivity contribution in [2.45, 2.75) is 84.3 Å². The highest BCUT2D eigenvalue weighted by Crippen LogP contribution is 2.44. The molecule has 0 aliphatic carbocycles. The average molecular weight is 420 g/mol. The van der Waals surface area contributed by atoms with Gasteiger partial charge in [0, 0.05) is 0 Å². The Hall–Kier alpha value is -0.690. The van der Waals surface area contributed by atoms with E-state index < -0.39 is 26.1 Å². The molecule has 0 spiro atoms. The van der Waals surface area contributed by atoms with Crippen molar-refractivity contribution in [2.24, 2.45) is 0 Å². The van der Waals surface area contributed by atoms with E-state index in [4.69, 9.17) is 23.7 Å². The molecule has 0 bridgehead atoms. The number of hydrogen-bond acceptors (Lipinski definition) is 7. The molecule has 0 heterocycles. The predicted molar refractivity (Wildman–Crippen MR) is 108 cm³/mol. The first-order chi connectivity index (χ1) is 13.5. The number of carbonyl (C=O) groups excluding carboxylic acids is 1.